The fourth-order valence-electron chi connectivity index (χ4n) is 2.24. The predicted molar refractivity (Wildman–Crippen MR) is 74.7 cm³/mol. The summed E-state index contributed by atoms with van der Waals surface area (Å²) in [5.74, 6) is 0.178. The maximum absolute atomic E-state index is 11.1. The number of aryl methyl sites for hydroxylation is 1. The van der Waals surface area contributed by atoms with Crippen molar-refractivity contribution in [2.75, 3.05) is 11.9 Å². The summed E-state index contributed by atoms with van der Waals surface area (Å²) in [5.41, 5.74) is 2.54. The van der Waals surface area contributed by atoms with Crippen LogP contribution >= 0.6 is 0 Å². The van der Waals surface area contributed by atoms with Gasteiger partial charge in [0.15, 0.2) is 0 Å². The molecule has 1 aromatic rings. The second-order valence-corrected chi connectivity index (χ2v) is 4.98. The molecule has 1 aromatic carbocycles. The SMILES string of the molecule is CCCCc1ccc(NCC2CCC(=O)N2)cc1. The Hall–Kier alpha value is -1.51. The molecule has 0 spiro atoms. The second-order valence-electron chi connectivity index (χ2n) is 4.98. The molecule has 1 aliphatic rings. The Morgan fingerprint density at radius 3 is 2.72 bits per heavy atom. The third-order valence-electron chi connectivity index (χ3n) is 3.41. The highest BCUT2D eigenvalue weighted by Gasteiger charge is 2.19. The minimum Gasteiger partial charge on any atom is -0.383 e. The van der Waals surface area contributed by atoms with Crippen molar-refractivity contribution in [1.82, 2.24) is 5.32 Å². The molecule has 0 saturated carbocycles. The van der Waals surface area contributed by atoms with Gasteiger partial charge in [0.05, 0.1) is 0 Å². The summed E-state index contributed by atoms with van der Waals surface area (Å²) in [6.45, 7) is 3.03. The maximum Gasteiger partial charge on any atom is 0.220 e. The first-order chi connectivity index (χ1) is 8.78. The summed E-state index contributed by atoms with van der Waals surface area (Å²) in [4.78, 5) is 11.1. The average molecular weight is 246 g/mol. The van der Waals surface area contributed by atoms with Crippen LogP contribution in [0.3, 0.4) is 0 Å². The number of benzene rings is 1. The van der Waals surface area contributed by atoms with Crippen LogP contribution < -0.4 is 10.6 Å². The average Bonchev–Trinajstić information content (AvgIpc) is 2.81. The molecule has 3 nitrogen and oxygen atoms in total. The topological polar surface area (TPSA) is 41.1 Å². The highest BCUT2D eigenvalue weighted by Crippen LogP contribution is 2.13. The number of carbonyl (C=O) groups excluding carboxylic acids is 1. The lowest BCUT2D eigenvalue weighted by Crippen LogP contribution is -2.31. The maximum atomic E-state index is 11.1. The second kappa shape index (κ2) is 6.43. The van der Waals surface area contributed by atoms with Crippen molar-refractivity contribution in [2.24, 2.45) is 0 Å². The van der Waals surface area contributed by atoms with Gasteiger partial charge in [-0.05, 0) is 37.0 Å². The lowest BCUT2D eigenvalue weighted by Gasteiger charge is -2.12. The van der Waals surface area contributed by atoms with Gasteiger partial charge in [-0.15, -0.1) is 0 Å². The first kappa shape index (κ1) is 12.9. The molecule has 1 heterocycles. The highest BCUT2D eigenvalue weighted by atomic mass is 16.1. The minimum absolute atomic E-state index is 0.178. The van der Waals surface area contributed by atoms with Gasteiger partial charge in [-0.2, -0.15) is 0 Å². The summed E-state index contributed by atoms with van der Waals surface area (Å²) in [6.07, 6.45) is 5.26. The predicted octanol–water partition coefficient (Wildman–Crippen LogP) is 2.72. The van der Waals surface area contributed by atoms with Crippen LogP contribution in [0.15, 0.2) is 24.3 Å². The molecule has 0 bridgehead atoms. The number of amides is 1. The number of carbonyl (C=O) groups is 1. The Morgan fingerprint density at radius 2 is 2.11 bits per heavy atom. The Morgan fingerprint density at radius 1 is 1.33 bits per heavy atom. The largest absolute Gasteiger partial charge is 0.383 e. The van der Waals surface area contributed by atoms with Crippen molar-refractivity contribution in [3.8, 4) is 0 Å². The zero-order valence-corrected chi connectivity index (χ0v) is 11.0. The van der Waals surface area contributed by atoms with Gasteiger partial charge in [-0.1, -0.05) is 25.5 Å². The van der Waals surface area contributed by atoms with E-state index >= 15 is 0 Å². The summed E-state index contributed by atoms with van der Waals surface area (Å²) in [7, 11) is 0. The summed E-state index contributed by atoms with van der Waals surface area (Å²) < 4.78 is 0. The molecular weight excluding hydrogens is 224 g/mol. The molecule has 1 fully saturated rings. The van der Waals surface area contributed by atoms with Gasteiger partial charge in [0.25, 0.3) is 0 Å². The first-order valence-electron chi connectivity index (χ1n) is 6.90. The molecule has 2 rings (SSSR count). The lowest BCUT2D eigenvalue weighted by atomic mass is 10.1. The highest BCUT2D eigenvalue weighted by molar-refractivity contribution is 5.78. The molecule has 0 aliphatic carbocycles. The van der Waals surface area contributed by atoms with Gasteiger partial charge >= 0.3 is 0 Å². The van der Waals surface area contributed by atoms with Gasteiger partial charge in [0, 0.05) is 24.7 Å². The molecule has 1 amide bonds. The number of hydrogen-bond donors (Lipinski definition) is 2. The van der Waals surface area contributed by atoms with E-state index in [0.29, 0.717) is 6.42 Å². The molecule has 0 radical (unpaired) electrons. The molecule has 98 valence electrons. The van der Waals surface area contributed by atoms with Crippen molar-refractivity contribution in [3.63, 3.8) is 0 Å². The molecule has 0 aromatic heterocycles. The minimum atomic E-state index is 0.178. The van der Waals surface area contributed by atoms with Crippen molar-refractivity contribution in [1.29, 1.82) is 0 Å². The number of rotatable bonds is 6. The Bertz CT molecular complexity index is 386. The normalized spacial score (nSPS) is 18.7. The van der Waals surface area contributed by atoms with Gasteiger partial charge in [-0.3, -0.25) is 4.79 Å². The third-order valence-corrected chi connectivity index (χ3v) is 3.41. The molecule has 1 unspecified atom stereocenters. The van der Waals surface area contributed by atoms with Crippen LogP contribution in [0, 0.1) is 0 Å². The standard InChI is InChI=1S/C15H22N2O/c1-2-3-4-12-5-7-13(8-6-12)16-11-14-9-10-15(18)17-14/h5-8,14,16H,2-4,9-11H2,1H3,(H,17,18). The fourth-order valence-corrected chi connectivity index (χ4v) is 2.24. The van der Waals surface area contributed by atoms with Gasteiger partial charge in [0.2, 0.25) is 5.91 Å². The summed E-state index contributed by atoms with van der Waals surface area (Å²) in [5, 5.41) is 6.34. The summed E-state index contributed by atoms with van der Waals surface area (Å²) in [6, 6.07) is 8.91. The van der Waals surface area contributed by atoms with Crippen LogP contribution in [-0.4, -0.2) is 18.5 Å². The molecule has 1 atom stereocenters. The quantitative estimate of drug-likeness (QED) is 0.810. The molecule has 2 N–H and O–H groups in total. The summed E-state index contributed by atoms with van der Waals surface area (Å²) >= 11 is 0. The Kier molecular flexibility index (Phi) is 4.62. The van der Waals surface area contributed by atoms with Gasteiger partial charge in [-0.25, -0.2) is 0 Å². The van der Waals surface area contributed by atoms with E-state index in [4.69, 9.17) is 0 Å². The molecule has 1 saturated heterocycles. The lowest BCUT2D eigenvalue weighted by molar-refractivity contribution is -0.119. The van der Waals surface area contributed by atoms with E-state index in [1.54, 1.807) is 0 Å². The van der Waals surface area contributed by atoms with E-state index in [0.717, 1.165) is 25.1 Å². The van der Waals surface area contributed by atoms with E-state index in [1.807, 2.05) is 0 Å². The van der Waals surface area contributed by atoms with Crippen LogP contribution in [-0.2, 0) is 11.2 Å². The molecular formula is C15H22N2O. The van der Waals surface area contributed by atoms with Crippen molar-refractivity contribution in [3.05, 3.63) is 29.8 Å². The van der Waals surface area contributed by atoms with Crippen LogP contribution in [0.25, 0.3) is 0 Å². The monoisotopic (exact) mass is 246 g/mol. The Labute approximate surface area is 109 Å². The third kappa shape index (κ3) is 3.76. The molecule has 18 heavy (non-hydrogen) atoms. The zero-order valence-electron chi connectivity index (χ0n) is 11.0. The van der Waals surface area contributed by atoms with Crippen LogP contribution in [0.4, 0.5) is 5.69 Å². The zero-order chi connectivity index (χ0) is 12.8. The van der Waals surface area contributed by atoms with E-state index in [2.05, 4.69) is 41.8 Å². The number of anilines is 1. The van der Waals surface area contributed by atoms with Crippen LogP contribution in [0.2, 0.25) is 0 Å². The van der Waals surface area contributed by atoms with E-state index in [-0.39, 0.29) is 11.9 Å². The Balaban J connectivity index is 1.77. The van der Waals surface area contributed by atoms with Gasteiger partial charge < -0.3 is 10.6 Å². The molecule has 1 aliphatic heterocycles. The van der Waals surface area contributed by atoms with E-state index in [9.17, 15) is 4.79 Å². The van der Waals surface area contributed by atoms with Crippen LogP contribution in [0.5, 0.6) is 0 Å². The number of unbranched alkanes of at least 4 members (excludes halogenated alkanes) is 1. The van der Waals surface area contributed by atoms with Crippen molar-refractivity contribution < 1.29 is 4.79 Å². The first-order valence-corrected chi connectivity index (χ1v) is 6.90. The number of nitrogens with one attached hydrogen (secondary N) is 2. The van der Waals surface area contributed by atoms with Gasteiger partial charge in [0.1, 0.15) is 0 Å². The van der Waals surface area contributed by atoms with Crippen LogP contribution in [0.1, 0.15) is 38.2 Å². The number of hydrogen-bond acceptors (Lipinski definition) is 2. The van der Waals surface area contributed by atoms with Crippen molar-refractivity contribution >= 4 is 11.6 Å². The molecule has 3 heteroatoms. The van der Waals surface area contributed by atoms with E-state index in [1.165, 1.54) is 18.4 Å². The fraction of sp³-hybridized carbons (Fsp3) is 0.533. The van der Waals surface area contributed by atoms with Crippen molar-refractivity contribution in [2.45, 2.75) is 45.1 Å². The smallest absolute Gasteiger partial charge is 0.220 e. The van der Waals surface area contributed by atoms with E-state index < -0.39 is 0 Å².